The second kappa shape index (κ2) is 8.76. The lowest BCUT2D eigenvalue weighted by atomic mass is 9.96. The molecule has 6 heteroatoms. The number of sulfonamides is 1. The summed E-state index contributed by atoms with van der Waals surface area (Å²) in [6.45, 7) is 12.0. The SMILES string of the molecule is C=CS(=O)(=O)N1CCC(CN(CC)C(C)Cc2ccc3c(c2)CCO3)CC1. The highest BCUT2D eigenvalue weighted by molar-refractivity contribution is 7.92. The molecule has 1 fully saturated rings. The van der Waals surface area contributed by atoms with Gasteiger partial charge in [0.25, 0.3) is 0 Å². The second-order valence-electron chi connectivity index (χ2n) is 7.74. The average Bonchev–Trinajstić information content (AvgIpc) is 3.14. The van der Waals surface area contributed by atoms with E-state index in [1.165, 1.54) is 11.1 Å². The third kappa shape index (κ3) is 4.92. The molecule has 2 aliphatic rings. The summed E-state index contributed by atoms with van der Waals surface area (Å²) in [4.78, 5) is 2.53. The molecule has 0 aliphatic carbocycles. The quantitative estimate of drug-likeness (QED) is 0.682. The maximum absolute atomic E-state index is 11.9. The highest BCUT2D eigenvalue weighted by Crippen LogP contribution is 2.27. The van der Waals surface area contributed by atoms with Crippen LogP contribution in [0.3, 0.4) is 0 Å². The normalized spacial score (nSPS) is 19.7. The van der Waals surface area contributed by atoms with E-state index in [4.69, 9.17) is 4.74 Å². The predicted octanol–water partition coefficient (Wildman–Crippen LogP) is 3.06. The van der Waals surface area contributed by atoms with Crippen LogP contribution in [0.5, 0.6) is 5.75 Å². The third-order valence-corrected chi connectivity index (χ3v) is 7.46. The first-order valence-corrected chi connectivity index (χ1v) is 11.5. The fourth-order valence-corrected chi connectivity index (χ4v) is 5.17. The van der Waals surface area contributed by atoms with Crippen molar-refractivity contribution in [1.29, 1.82) is 0 Å². The van der Waals surface area contributed by atoms with Crippen LogP contribution in [0.4, 0.5) is 0 Å². The Bertz CT molecular complexity index is 755. The lowest BCUT2D eigenvalue weighted by Gasteiger charge is -2.36. The van der Waals surface area contributed by atoms with Crippen LogP contribution in [0.1, 0.15) is 37.8 Å². The topological polar surface area (TPSA) is 49.9 Å². The van der Waals surface area contributed by atoms with Gasteiger partial charge in [-0.15, -0.1) is 0 Å². The van der Waals surface area contributed by atoms with E-state index < -0.39 is 10.0 Å². The molecule has 1 unspecified atom stereocenters. The molecule has 0 aromatic heterocycles. The lowest BCUT2D eigenvalue weighted by molar-refractivity contribution is 0.152. The predicted molar refractivity (Wildman–Crippen MR) is 109 cm³/mol. The highest BCUT2D eigenvalue weighted by Gasteiger charge is 2.27. The Kier molecular flexibility index (Phi) is 6.61. The van der Waals surface area contributed by atoms with Gasteiger partial charge in [0.1, 0.15) is 5.75 Å². The molecule has 0 bridgehead atoms. The molecule has 1 aromatic carbocycles. The van der Waals surface area contributed by atoms with Gasteiger partial charge < -0.3 is 9.64 Å². The van der Waals surface area contributed by atoms with Crippen LogP contribution < -0.4 is 4.74 Å². The van der Waals surface area contributed by atoms with Gasteiger partial charge in [0.2, 0.25) is 10.0 Å². The molecular weight excluding hydrogens is 360 g/mol. The number of ether oxygens (including phenoxy) is 1. The summed E-state index contributed by atoms with van der Waals surface area (Å²) in [7, 11) is -3.27. The van der Waals surface area contributed by atoms with Crippen molar-refractivity contribution < 1.29 is 13.2 Å². The largest absolute Gasteiger partial charge is 0.493 e. The number of hydrogen-bond donors (Lipinski definition) is 0. The van der Waals surface area contributed by atoms with E-state index in [-0.39, 0.29) is 0 Å². The van der Waals surface area contributed by atoms with E-state index in [0.717, 1.165) is 56.5 Å². The van der Waals surface area contributed by atoms with Crippen molar-refractivity contribution in [2.75, 3.05) is 32.8 Å². The van der Waals surface area contributed by atoms with Gasteiger partial charge in [-0.25, -0.2) is 8.42 Å². The molecule has 3 rings (SSSR count). The van der Waals surface area contributed by atoms with Crippen LogP contribution in [-0.4, -0.2) is 56.5 Å². The number of nitrogens with zero attached hydrogens (tertiary/aromatic N) is 2. The van der Waals surface area contributed by atoms with Crippen molar-refractivity contribution in [3.63, 3.8) is 0 Å². The molecule has 1 aromatic rings. The Morgan fingerprint density at radius 3 is 2.78 bits per heavy atom. The summed E-state index contributed by atoms with van der Waals surface area (Å²) in [6, 6.07) is 7.06. The highest BCUT2D eigenvalue weighted by atomic mass is 32.2. The van der Waals surface area contributed by atoms with Gasteiger partial charge in [-0.1, -0.05) is 25.6 Å². The number of likely N-dealkylation sites (N-methyl/N-ethyl adjacent to an activating group) is 1. The van der Waals surface area contributed by atoms with E-state index in [1.54, 1.807) is 4.31 Å². The molecule has 0 amide bonds. The fraction of sp³-hybridized carbons (Fsp3) is 0.619. The molecule has 150 valence electrons. The van der Waals surface area contributed by atoms with Crippen molar-refractivity contribution in [3.05, 3.63) is 41.3 Å². The minimum Gasteiger partial charge on any atom is -0.493 e. The molecule has 2 aliphatic heterocycles. The van der Waals surface area contributed by atoms with Gasteiger partial charge >= 0.3 is 0 Å². The Morgan fingerprint density at radius 1 is 1.37 bits per heavy atom. The van der Waals surface area contributed by atoms with Gasteiger partial charge in [-0.2, -0.15) is 4.31 Å². The first-order chi connectivity index (χ1) is 12.9. The van der Waals surface area contributed by atoms with Gasteiger partial charge in [-0.3, -0.25) is 0 Å². The van der Waals surface area contributed by atoms with E-state index in [2.05, 4.69) is 43.5 Å². The summed E-state index contributed by atoms with van der Waals surface area (Å²) < 4.78 is 31.0. The fourth-order valence-electron chi connectivity index (χ4n) is 4.24. The van der Waals surface area contributed by atoms with Crippen LogP contribution >= 0.6 is 0 Å². The van der Waals surface area contributed by atoms with Gasteiger partial charge in [0.05, 0.1) is 6.61 Å². The average molecular weight is 393 g/mol. The Balaban J connectivity index is 1.53. The molecule has 27 heavy (non-hydrogen) atoms. The smallest absolute Gasteiger partial charge is 0.235 e. The summed E-state index contributed by atoms with van der Waals surface area (Å²) >= 11 is 0. The van der Waals surface area contributed by atoms with E-state index in [1.807, 2.05) is 0 Å². The molecule has 5 nitrogen and oxygen atoms in total. The Labute approximate surface area is 164 Å². The standard InChI is InChI=1S/C21H32N2O3S/c1-4-22(16-18-8-11-23(12-9-18)27(24,25)5-2)17(3)14-19-6-7-21-20(15-19)10-13-26-21/h5-7,15,17-18H,2,4,8-14,16H2,1,3H3. The summed E-state index contributed by atoms with van der Waals surface area (Å²) in [5.74, 6) is 1.59. The molecular formula is C21H32N2O3S. The minimum absolute atomic E-state index is 0.463. The Hall–Kier alpha value is -1.37. The van der Waals surface area contributed by atoms with Gasteiger partial charge in [0, 0.05) is 37.5 Å². The van der Waals surface area contributed by atoms with E-state index >= 15 is 0 Å². The number of rotatable bonds is 8. The van der Waals surface area contributed by atoms with Crippen molar-refractivity contribution in [2.24, 2.45) is 5.92 Å². The summed E-state index contributed by atoms with van der Waals surface area (Å²) in [5.41, 5.74) is 2.70. The zero-order chi connectivity index (χ0) is 19.4. The second-order valence-corrected chi connectivity index (χ2v) is 9.61. The zero-order valence-corrected chi connectivity index (χ0v) is 17.4. The number of benzene rings is 1. The van der Waals surface area contributed by atoms with Gasteiger partial charge in [0.15, 0.2) is 0 Å². The monoisotopic (exact) mass is 392 g/mol. The lowest BCUT2D eigenvalue weighted by Crippen LogP contribution is -2.43. The van der Waals surface area contributed by atoms with Gasteiger partial charge in [-0.05, 0) is 55.8 Å². The maximum atomic E-state index is 11.9. The van der Waals surface area contributed by atoms with Crippen LogP contribution in [0.15, 0.2) is 30.2 Å². The molecule has 0 spiro atoms. The van der Waals surface area contributed by atoms with Crippen molar-refractivity contribution in [2.45, 2.75) is 45.6 Å². The molecule has 0 saturated carbocycles. The first kappa shape index (κ1) is 20.4. The van der Waals surface area contributed by atoms with Crippen LogP contribution in [0.25, 0.3) is 0 Å². The minimum atomic E-state index is -3.27. The molecule has 2 heterocycles. The molecule has 0 radical (unpaired) electrons. The van der Waals surface area contributed by atoms with Crippen molar-refractivity contribution in [1.82, 2.24) is 9.21 Å². The maximum Gasteiger partial charge on any atom is 0.235 e. The summed E-state index contributed by atoms with van der Waals surface area (Å²) in [6.07, 6.45) is 3.89. The van der Waals surface area contributed by atoms with Crippen LogP contribution in [0.2, 0.25) is 0 Å². The third-order valence-electron chi connectivity index (χ3n) is 5.95. The molecule has 1 saturated heterocycles. The Morgan fingerprint density at radius 2 is 2.11 bits per heavy atom. The molecule has 1 atom stereocenters. The first-order valence-electron chi connectivity index (χ1n) is 10.0. The van der Waals surface area contributed by atoms with Crippen LogP contribution in [0, 0.1) is 5.92 Å². The number of piperidine rings is 1. The number of hydrogen-bond acceptors (Lipinski definition) is 4. The number of fused-ring (bicyclic) bond motifs is 1. The zero-order valence-electron chi connectivity index (χ0n) is 16.6. The summed E-state index contributed by atoms with van der Waals surface area (Å²) in [5, 5.41) is 1.06. The van der Waals surface area contributed by atoms with Crippen LogP contribution in [-0.2, 0) is 22.9 Å². The van der Waals surface area contributed by atoms with E-state index in [9.17, 15) is 8.42 Å². The van der Waals surface area contributed by atoms with Crippen molar-refractivity contribution >= 4 is 10.0 Å². The molecule has 0 N–H and O–H groups in total. The van der Waals surface area contributed by atoms with E-state index in [0.29, 0.717) is 25.0 Å². The van der Waals surface area contributed by atoms with Crippen molar-refractivity contribution in [3.8, 4) is 5.75 Å².